The van der Waals surface area contributed by atoms with Crippen molar-refractivity contribution in [2.45, 2.75) is 19.9 Å². The molecule has 0 spiro atoms. The number of rotatable bonds is 6. The van der Waals surface area contributed by atoms with E-state index in [1.54, 1.807) is 11.8 Å². The Morgan fingerprint density at radius 1 is 1.26 bits per heavy atom. The average Bonchev–Trinajstić information content (AvgIpc) is 3.02. The van der Waals surface area contributed by atoms with Crippen molar-refractivity contribution in [1.29, 1.82) is 0 Å². The number of carboxylic acids is 1. The lowest BCUT2D eigenvalue weighted by Gasteiger charge is -2.33. The van der Waals surface area contributed by atoms with Crippen LogP contribution < -0.4 is 0 Å². The third kappa shape index (κ3) is 4.29. The van der Waals surface area contributed by atoms with Gasteiger partial charge in [-0.2, -0.15) is 9.40 Å². The van der Waals surface area contributed by atoms with Crippen molar-refractivity contribution in [1.82, 2.24) is 19.0 Å². The largest absolute Gasteiger partial charge is 0.478 e. The van der Waals surface area contributed by atoms with E-state index in [9.17, 15) is 18.0 Å². The molecule has 1 saturated heterocycles. The first-order valence-corrected chi connectivity index (χ1v) is 8.95. The number of carboxylic acid groups (broad SMARTS) is 1. The quantitative estimate of drug-likeness (QED) is 0.742. The zero-order chi connectivity index (χ0) is 17.0. The number of carbonyl (C=O) groups is 2. The molecule has 1 fully saturated rings. The zero-order valence-electron chi connectivity index (χ0n) is 12.9. The van der Waals surface area contributed by atoms with Crippen LogP contribution in [-0.4, -0.2) is 76.3 Å². The zero-order valence-corrected chi connectivity index (χ0v) is 13.7. The Kier molecular flexibility index (Phi) is 5.37. The van der Waals surface area contributed by atoms with E-state index in [0.717, 1.165) is 0 Å². The van der Waals surface area contributed by atoms with Gasteiger partial charge in [-0.15, -0.1) is 0 Å². The fraction of sp³-hybridized carbons (Fsp3) is 0.615. The van der Waals surface area contributed by atoms with Gasteiger partial charge in [0.1, 0.15) is 0 Å². The number of aromatic carboxylic acids is 1. The molecule has 9 nitrogen and oxygen atoms in total. The van der Waals surface area contributed by atoms with Crippen molar-refractivity contribution >= 4 is 21.9 Å². The van der Waals surface area contributed by atoms with Gasteiger partial charge in [0.2, 0.25) is 15.9 Å². The van der Waals surface area contributed by atoms with E-state index in [1.807, 2.05) is 0 Å². The number of amides is 1. The Morgan fingerprint density at radius 3 is 2.43 bits per heavy atom. The molecule has 0 saturated carbocycles. The Bertz CT molecular complexity index is 676. The van der Waals surface area contributed by atoms with Gasteiger partial charge in [0, 0.05) is 45.3 Å². The molecule has 1 aliphatic heterocycles. The standard InChI is InChI=1S/C13H20N4O5S/c1-2-23(21,22)17-7-5-15(6-8-17)12(18)3-4-16-10-11(9-14-16)13(19)20/h9-10H,2-8H2,1H3,(H,19,20). The molecule has 1 aromatic heterocycles. The van der Waals surface area contributed by atoms with E-state index in [4.69, 9.17) is 5.11 Å². The summed E-state index contributed by atoms with van der Waals surface area (Å²) in [5.74, 6) is -1.09. The second-order valence-corrected chi connectivity index (χ2v) is 7.49. The summed E-state index contributed by atoms with van der Waals surface area (Å²) in [6.45, 7) is 3.26. The minimum absolute atomic E-state index is 0.0617. The second kappa shape index (κ2) is 7.09. The Hall–Kier alpha value is -1.94. The topological polar surface area (TPSA) is 113 Å². The molecule has 0 atom stereocenters. The highest BCUT2D eigenvalue weighted by molar-refractivity contribution is 7.89. The van der Waals surface area contributed by atoms with Crippen molar-refractivity contribution in [3.05, 3.63) is 18.0 Å². The lowest BCUT2D eigenvalue weighted by Crippen LogP contribution is -2.51. The van der Waals surface area contributed by atoms with Gasteiger partial charge in [-0.25, -0.2) is 13.2 Å². The highest BCUT2D eigenvalue weighted by atomic mass is 32.2. The summed E-state index contributed by atoms with van der Waals surface area (Å²) in [6, 6.07) is 0. The summed E-state index contributed by atoms with van der Waals surface area (Å²) < 4.78 is 26.3. The van der Waals surface area contributed by atoms with Crippen LogP contribution in [0.2, 0.25) is 0 Å². The van der Waals surface area contributed by atoms with Crippen LogP contribution in [0.15, 0.2) is 12.4 Å². The Balaban J connectivity index is 1.82. The third-order valence-electron chi connectivity index (χ3n) is 3.78. The normalized spacial score (nSPS) is 16.5. The fourth-order valence-electron chi connectivity index (χ4n) is 2.36. The molecule has 128 valence electrons. The number of aryl methyl sites for hydroxylation is 1. The number of nitrogens with zero attached hydrogens (tertiary/aromatic N) is 4. The number of sulfonamides is 1. The molecule has 0 aromatic carbocycles. The Morgan fingerprint density at radius 2 is 1.91 bits per heavy atom. The number of aromatic nitrogens is 2. The molecule has 1 amide bonds. The molecule has 1 aliphatic rings. The molecule has 0 radical (unpaired) electrons. The predicted octanol–water partition coefficient (Wildman–Crippen LogP) is -0.535. The van der Waals surface area contributed by atoms with Gasteiger partial charge in [-0.1, -0.05) is 0 Å². The molecule has 1 N–H and O–H groups in total. The lowest BCUT2D eigenvalue weighted by molar-refractivity contribution is -0.132. The summed E-state index contributed by atoms with van der Waals surface area (Å²) in [5, 5.41) is 12.7. The van der Waals surface area contributed by atoms with Gasteiger partial charge in [-0.3, -0.25) is 9.48 Å². The predicted molar refractivity (Wildman–Crippen MR) is 81.4 cm³/mol. The fourth-order valence-corrected chi connectivity index (χ4v) is 3.45. The first-order valence-electron chi connectivity index (χ1n) is 7.35. The summed E-state index contributed by atoms with van der Waals surface area (Å²) in [7, 11) is -3.21. The van der Waals surface area contributed by atoms with Crippen LogP contribution in [0.25, 0.3) is 0 Å². The van der Waals surface area contributed by atoms with Gasteiger partial charge in [0.15, 0.2) is 0 Å². The van der Waals surface area contributed by atoms with Crippen molar-refractivity contribution < 1.29 is 23.1 Å². The summed E-state index contributed by atoms with van der Waals surface area (Å²) in [5.41, 5.74) is 0.0795. The number of hydrogen-bond acceptors (Lipinski definition) is 5. The third-order valence-corrected chi connectivity index (χ3v) is 5.67. The van der Waals surface area contributed by atoms with Gasteiger partial charge in [0.25, 0.3) is 0 Å². The van der Waals surface area contributed by atoms with Gasteiger partial charge in [0.05, 0.1) is 17.5 Å². The molecule has 2 heterocycles. The van der Waals surface area contributed by atoms with E-state index in [2.05, 4.69) is 5.10 Å². The molecule has 0 bridgehead atoms. The van der Waals surface area contributed by atoms with Crippen LogP contribution in [0.5, 0.6) is 0 Å². The van der Waals surface area contributed by atoms with Crippen molar-refractivity contribution in [3.8, 4) is 0 Å². The van der Waals surface area contributed by atoms with E-state index in [-0.39, 0.29) is 23.6 Å². The van der Waals surface area contributed by atoms with Gasteiger partial charge in [-0.05, 0) is 6.92 Å². The van der Waals surface area contributed by atoms with E-state index in [0.29, 0.717) is 32.7 Å². The maximum atomic E-state index is 12.1. The number of hydrogen-bond donors (Lipinski definition) is 1. The van der Waals surface area contributed by atoms with Crippen molar-refractivity contribution in [2.75, 3.05) is 31.9 Å². The van der Waals surface area contributed by atoms with Crippen LogP contribution in [0.1, 0.15) is 23.7 Å². The smallest absolute Gasteiger partial charge is 0.338 e. The maximum absolute atomic E-state index is 12.1. The number of piperazine rings is 1. The highest BCUT2D eigenvalue weighted by Gasteiger charge is 2.27. The minimum atomic E-state index is -3.21. The summed E-state index contributed by atoms with van der Waals surface area (Å²) in [4.78, 5) is 24.5. The van der Waals surface area contributed by atoms with Crippen LogP contribution in [0, 0.1) is 0 Å². The molecule has 2 rings (SSSR count). The molecular formula is C13H20N4O5S. The molecule has 10 heteroatoms. The van der Waals surface area contributed by atoms with Crippen molar-refractivity contribution in [2.24, 2.45) is 0 Å². The van der Waals surface area contributed by atoms with Gasteiger partial charge < -0.3 is 10.0 Å². The van der Waals surface area contributed by atoms with Crippen LogP contribution >= 0.6 is 0 Å². The van der Waals surface area contributed by atoms with Gasteiger partial charge >= 0.3 is 5.97 Å². The second-order valence-electron chi connectivity index (χ2n) is 5.23. The van der Waals surface area contributed by atoms with Crippen LogP contribution in [0.3, 0.4) is 0 Å². The lowest BCUT2D eigenvalue weighted by atomic mass is 10.3. The van der Waals surface area contributed by atoms with E-state index >= 15 is 0 Å². The first kappa shape index (κ1) is 17.4. The highest BCUT2D eigenvalue weighted by Crippen LogP contribution is 2.09. The molecule has 0 aliphatic carbocycles. The molecular weight excluding hydrogens is 324 g/mol. The van der Waals surface area contributed by atoms with E-state index in [1.165, 1.54) is 21.4 Å². The molecule has 0 unspecified atom stereocenters. The average molecular weight is 344 g/mol. The van der Waals surface area contributed by atoms with Crippen LogP contribution in [0.4, 0.5) is 0 Å². The summed E-state index contributed by atoms with van der Waals surface area (Å²) in [6.07, 6.45) is 2.81. The summed E-state index contributed by atoms with van der Waals surface area (Å²) >= 11 is 0. The van der Waals surface area contributed by atoms with Crippen molar-refractivity contribution in [3.63, 3.8) is 0 Å². The van der Waals surface area contributed by atoms with E-state index < -0.39 is 16.0 Å². The molecule has 23 heavy (non-hydrogen) atoms. The minimum Gasteiger partial charge on any atom is -0.478 e. The SMILES string of the molecule is CCS(=O)(=O)N1CCN(C(=O)CCn2cc(C(=O)O)cn2)CC1. The molecule has 1 aromatic rings. The maximum Gasteiger partial charge on any atom is 0.338 e. The van der Waals surface area contributed by atoms with Crippen LogP contribution in [-0.2, 0) is 21.4 Å². The monoisotopic (exact) mass is 344 g/mol. The first-order chi connectivity index (χ1) is 10.8. The number of carbonyl (C=O) groups excluding carboxylic acids is 1. The Labute approximate surface area is 134 Å².